The van der Waals surface area contributed by atoms with Crippen LogP contribution in [0, 0.1) is 0 Å². The molecule has 0 spiro atoms. The van der Waals surface area contributed by atoms with Gasteiger partial charge in [0.1, 0.15) is 28.9 Å². The number of aromatic nitrogens is 2. The van der Waals surface area contributed by atoms with Crippen molar-refractivity contribution >= 4 is 98.1 Å². The average molecular weight is 920 g/mol. The van der Waals surface area contributed by atoms with E-state index in [0.29, 0.717) is 65.6 Å². The summed E-state index contributed by atoms with van der Waals surface area (Å²) in [6.45, 7) is 7.23. The molecule has 0 fully saturated rings. The van der Waals surface area contributed by atoms with Crippen molar-refractivity contribution in [3.8, 4) is 11.5 Å². The van der Waals surface area contributed by atoms with Crippen LogP contribution in [0.4, 0.5) is 11.4 Å². The number of thiazole rings is 1. The third-order valence-corrected chi connectivity index (χ3v) is 13.0. The number of benzene rings is 5. The summed E-state index contributed by atoms with van der Waals surface area (Å²) in [6, 6.07) is 30.0. The van der Waals surface area contributed by atoms with Crippen molar-refractivity contribution in [2.75, 3.05) is 43.1 Å². The number of likely N-dealkylation sites (N-methyl/N-ethyl adjacent to an activating group) is 1. The second-order valence-corrected chi connectivity index (χ2v) is 17.3. The lowest BCUT2D eigenvalue weighted by atomic mass is 9.88. The van der Waals surface area contributed by atoms with Crippen molar-refractivity contribution in [2.45, 2.75) is 31.2 Å². The first-order valence-electron chi connectivity index (χ1n) is 21.0. The standard InChI is InChI=1S/C28H25N3O5S2.C21H17BN2O4/c1-2-23(32)29-12-14-31-20-8-4-6-10-22(20)38-25(31)16-18-27(35)17(28(18)36)15-24-30(13-11-26(33)34)19-7-3-5-9-21(19)37-24;1-13(22)28-26-10-9-24(2)14-7-8-17-19(11-14)27-20-12-18(25)15-5-3-4-6-16(15)21(20)23-17/h3-10,15-16H,2,11-14H2,1H3,(H2-,29,32,33,34,35,36);3-8,11-12H,1,9-10H2,2H3. The Morgan fingerprint density at radius 2 is 1.79 bits per heavy atom. The Labute approximate surface area is 388 Å². The second kappa shape index (κ2) is 19.9. The second-order valence-electron chi connectivity index (χ2n) is 15.2. The van der Waals surface area contributed by atoms with Gasteiger partial charge < -0.3 is 34.6 Å². The molecule has 2 aliphatic heterocycles. The molecule has 14 nitrogen and oxygen atoms in total. The minimum absolute atomic E-state index is 0.00961. The van der Waals surface area contributed by atoms with Gasteiger partial charge in [0.25, 0.3) is 5.01 Å². The van der Waals surface area contributed by atoms with Gasteiger partial charge in [-0.1, -0.05) is 90.9 Å². The van der Waals surface area contributed by atoms with Gasteiger partial charge in [0.2, 0.25) is 11.4 Å². The van der Waals surface area contributed by atoms with Crippen LogP contribution >= 0.6 is 23.1 Å². The van der Waals surface area contributed by atoms with Gasteiger partial charge in [-0.3, -0.25) is 19.2 Å². The number of carboxylic acids is 1. The third-order valence-electron chi connectivity index (χ3n) is 10.8. The average Bonchev–Trinajstić information content (AvgIpc) is 3.86. The van der Waals surface area contributed by atoms with Crippen LogP contribution in [0.3, 0.4) is 0 Å². The molecule has 0 unspecified atom stereocenters. The number of carbonyl (C=O) groups is 3. The Balaban J connectivity index is 0.000000188. The number of hydrogen-bond donors (Lipinski definition) is 2. The molecule has 2 aliphatic carbocycles. The highest BCUT2D eigenvalue weighted by Crippen LogP contribution is 2.47. The molecule has 332 valence electrons. The predicted octanol–water partition coefficient (Wildman–Crippen LogP) is 6.69. The SMILES string of the molecule is CCC(=O)NCCN1C(=CC2=C([O-])C(=Cc3sc4ccccc4[n+]3CCC(=O)O)C2=O)Sc2ccccc21.[B]C(=C)OOCCN(C)c1ccc2nc3c4ccccc4c(=O)cc-3oc2c1. The fourth-order valence-electron chi connectivity index (χ4n) is 7.43. The number of nitrogens with one attached hydrogen (secondary N) is 1. The van der Waals surface area contributed by atoms with E-state index in [2.05, 4.69) is 11.9 Å². The van der Waals surface area contributed by atoms with Gasteiger partial charge in [-0.05, 0) is 36.4 Å². The summed E-state index contributed by atoms with van der Waals surface area (Å²) in [5.41, 5.74) is 4.87. The number of anilines is 2. The molecule has 9 rings (SSSR count). The summed E-state index contributed by atoms with van der Waals surface area (Å²) in [5.74, 6) is -1.15. The van der Waals surface area contributed by atoms with Crippen LogP contribution in [0.5, 0.6) is 0 Å². The number of fused-ring (bicyclic) bond motifs is 6. The van der Waals surface area contributed by atoms with E-state index in [1.54, 1.807) is 25.1 Å². The van der Waals surface area contributed by atoms with Gasteiger partial charge in [-0.2, -0.15) is 9.45 Å². The Kier molecular flexibility index (Phi) is 13.7. The van der Waals surface area contributed by atoms with Gasteiger partial charge in [-0.25, -0.2) is 4.98 Å². The summed E-state index contributed by atoms with van der Waals surface area (Å²) >= 11 is 2.90. The first-order chi connectivity index (χ1) is 31.9. The molecule has 66 heavy (non-hydrogen) atoms. The van der Waals surface area contributed by atoms with E-state index in [0.717, 1.165) is 36.9 Å². The van der Waals surface area contributed by atoms with Gasteiger partial charge >= 0.3 is 5.97 Å². The molecule has 5 aromatic rings. The van der Waals surface area contributed by atoms with E-state index >= 15 is 0 Å². The van der Waals surface area contributed by atoms with E-state index in [-0.39, 0.29) is 52.6 Å². The molecule has 1 amide bonds. The fraction of sp³-hybridized carbons (Fsp3) is 0.184. The summed E-state index contributed by atoms with van der Waals surface area (Å²) < 4.78 is 8.80. The maximum Gasteiger partial charge on any atom is 0.309 e. The lowest BCUT2D eigenvalue weighted by molar-refractivity contribution is -0.667. The van der Waals surface area contributed by atoms with Crippen LogP contribution in [0.2, 0.25) is 0 Å². The number of allylic oxidation sites excluding steroid dienone is 3. The molecule has 0 saturated heterocycles. The number of carboxylic acid groups (broad SMARTS) is 1. The number of para-hydroxylation sites is 2. The number of Topliss-reactive ketones (excluding diaryl/α,β-unsaturated/α-hetero) is 1. The molecular weight excluding hydrogens is 878 g/mol. The lowest BCUT2D eigenvalue weighted by Crippen LogP contribution is -2.37. The molecule has 0 saturated carbocycles. The highest BCUT2D eigenvalue weighted by Gasteiger charge is 2.32. The Morgan fingerprint density at radius 3 is 2.56 bits per heavy atom. The molecule has 3 heterocycles. The zero-order valence-corrected chi connectivity index (χ0v) is 37.6. The summed E-state index contributed by atoms with van der Waals surface area (Å²) in [6.07, 6.45) is 3.55. The fourth-order valence-corrected chi connectivity index (χ4v) is 9.70. The minimum atomic E-state index is -0.918. The van der Waals surface area contributed by atoms with E-state index in [1.165, 1.54) is 29.2 Å². The summed E-state index contributed by atoms with van der Waals surface area (Å²) in [5, 5.41) is 28.0. The maximum absolute atomic E-state index is 13.1. The van der Waals surface area contributed by atoms with E-state index in [9.17, 15) is 29.4 Å². The van der Waals surface area contributed by atoms with Crippen LogP contribution in [0.1, 0.15) is 24.8 Å². The van der Waals surface area contributed by atoms with E-state index in [1.807, 2.05) is 106 Å². The Bertz CT molecular complexity index is 3180. The molecule has 17 heteroatoms. The molecule has 1 aromatic heterocycles. The van der Waals surface area contributed by atoms with Crippen molar-refractivity contribution in [2.24, 2.45) is 0 Å². The van der Waals surface area contributed by atoms with E-state index in [4.69, 9.17) is 27.0 Å². The molecular formula is C49H42BN5O9S2. The molecule has 0 atom stereocenters. The lowest BCUT2D eigenvalue weighted by Gasteiger charge is -2.29. The largest absolute Gasteiger partial charge is 0.871 e. The Hall–Kier alpha value is -7.21. The highest BCUT2D eigenvalue weighted by molar-refractivity contribution is 8.03. The van der Waals surface area contributed by atoms with Gasteiger partial charge in [0.15, 0.2) is 36.9 Å². The number of aryl methyl sites for hydroxylation is 1. The van der Waals surface area contributed by atoms with Crippen molar-refractivity contribution in [3.63, 3.8) is 0 Å². The monoisotopic (exact) mass is 919 g/mol. The van der Waals surface area contributed by atoms with Crippen molar-refractivity contribution < 1.29 is 43.4 Å². The maximum atomic E-state index is 13.1. The van der Waals surface area contributed by atoms with Gasteiger partial charge in [0.05, 0.1) is 16.4 Å². The third kappa shape index (κ3) is 9.73. The normalized spacial score (nSPS) is 14.5. The first-order valence-corrected chi connectivity index (χ1v) is 22.6. The molecule has 0 bridgehead atoms. The zero-order valence-electron chi connectivity index (χ0n) is 35.9. The van der Waals surface area contributed by atoms with Crippen LogP contribution in [0.25, 0.3) is 49.6 Å². The molecule has 4 aromatic carbocycles. The summed E-state index contributed by atoms with van der Waals surface area (Å²) in [7, 11) is 7.19. The number of ketones is 1. The van der Waals surface area contributed by atoms with Crippen LogP contribution in [-0.2, 0) is 30.7 Å². The zero-order chi connectivity index (χ0) is 46.5. The Morgan fingerprint density at radius 1 is 1.03 bits per heavy atom. The number of hydrogen-bond acceptors (Lipinski definition) is 13. The molecule has 4 aliphatic rings. The van der Waals surface area contributed by atoms with Crippen molar-refractivity contribution in [1.82, 2.24) is 10.3 Å². The molecule has 2 N–H and O–H groups in total. The number of carbonyl (C=O) groups excluding carboxylic acids is 2. The number of aliphatic carboxylic acids is 1. The van der Waals surface area contributed by atoms with Crippen LogP contribution < -0.4 is 30.2 Å². The number of thioether (sulfide) groups is 1. The quantitative estimate of drug-likeness (QED) is 0.0128. The van der Waals surface area contributed by atoms with Crippen molar-refractivity contribution in [1.29, 1.82) is 0 Å². The van der Waals surface area contributed by atoms with E-state index < -0.39 is 5.97 Å². The number of amides is 1. The highest BCUT2D eigenvalue weighted by atomic mass is 32.2. The van der Waals surface area contributed by atoms with Gasteiger partial charge in [-0.15, -0.1) is 0 Å². The number of rotatable bonds is 15. The van der Waals surface area contributed by atoms with Crippen LogP contribution in [-0.4, -0.2) is 68.9 Å². The first kappa shape index (κ1) is 45.4. The van der Waals surface area contributed by atoms with Crippen molar-refractivity contribution in [3.05, 3.63) is 153 Å². The number of nitrogens with zero attached hydrogens (tertiary/aromatic N) is 4. The minimum Gasteiger partial charge on any atom is -0.871 e. The van der Waals surface area contributed by atoms with Gasteiger partial charge in [0, 0.05) is 89.9 Å². The topological polar surface area (TPSA) is 178 Å². The predicted molar refractivity (Wildman–Crippen MR) is 255 cm³/mol. The molecule has 2 radical (unpaired) electrons. The van der Waals surface area contributed by atoms with Crippen LogP contribution in [0.15, 0.2) is 151 Å². The smallest absolute Gasteiger partial charge is 0.309 e. The summed E-state index contributed by atoms with van der Waals surface area (Å²) in [4.78, 5) is 67.7.